The fraction of sp³-hybridized carbons (Fsp3) is 0.0870. The van der Waals surface area contributed by atoms with Crippen molar-refractivity contribution in [1.82, 2.24) is 9.97 Å². The number of H-pyrrole nitrogens is 1. The minimum atomic E-state index is -0.363. The smallest absolute Gasteiger partial charge is 0.142 e. The van der Waals surface area contributed by atoms with Crippen molar-refractivity contribution in [2.45, 2.75) is 0 Å². The van der Waals surface area contributed by atoms with Gasteiger partial charge in [0.25, 0.3) is 0 Å². The molecule has 0 spiro atoms. The minimum Gasteiger partial charge on any atom is -0.457 e. The number of nitrogens with one attached hydrogen (secondary N) is 1. The van der Waals surface area contributed by atoms with E-state index in [0.29, 0.717) is 16.7 Å². The van der Waals surface area contributed by atoms with Gasteiger partial charge < -0.3 is 14.6 Å². The number of ether oxygens (including phenoxy) is 1. The van der Waals surface area contributed by atoms with Crippen molar-refractivity contribution in [3.05, 3.63) is 83.9 Å². The normalized spacial score (nSPS) is 10.4. The molecular formula is C23H18FN3O. The van der Waals surface area contributed by atoms with Crippen LogP contribution in [-0.2, 0) is 0 Å². The molecule has 1 N–H and O–H groups in total. The summed E-state index contributed by atoms with van der Waals surface area (Å²) in [5.41, 5.74) is 3.28. The minimum absolute atomic E-state index is 0.363. The maximum absolute atomic E-state index is 13.2. The van der Waals surface area contributed by atoms with E-state index in [2.05, 4.69) is 21.8 Å². The SMILES string of the molecule is CN(C)c1ccc(Oc2ccc(C#Cc3cc4cc(F)cnc4[nH]3)cc2)cc1. The van der Waals surface area contributed by atoms with Crippen molar-refractivity contribution < 1.29 is 9.13 Å². The number of rotatable bonds is 3. The molecule has 0 aliphatic heterocycles. The Kier molecular flexibility index (Phi) is 4.69. The van der Waals surface area contributed by atoms with Gasteiger partial charge in [0.2, 0.25) is 0 Å². The molecule has 0 bridgehead atoms. The molecule has 5 heteroatoms. The van der Waals surface area contributed by atoms with Crippen molar-refractivity contribution in [3.63, 3.8) is 0 Å². The zero-order chi connectivity index (χ0) is 19.5. The van der Waals surface area contributed by atoms with E-state index in [1.54, 1.807) is 6.07 Å². The van der Waals surface area contributed by atoms with Crippen molar-refractivity contribution >= 4 is 16.7 Å². The van der Waals surface area contributed by atoms with Gasteiger partial charge in [0.15, 0.2) is 0 Å². The lowest BCUT2D eigenvalue weighted by Crippen LogP contribution is -2.07. The second kappa shape index (κ2) is 7.45. The molecule has 0 radical (unpaired) electrons. The van der Waals surface area contributed by atoms with Gasteiger partial charge in [-0.2, -0.15) is 0 Å². The van der Waals surface area contributed by atoms with Gasteiger partial charge in [0.05, 0.1) is 11.9 Å². The maximum atomic E-state index is 13.2. The predicted octanol–water partition coefficient (Wildman–Crippen LogP) is 4.96. The molecule has 0 aliphatic carbocycles. The highest BCUT2D eigenvalue weighted by atomic mass is 19.1. The number of aromatic nitrogens is 2. The molecule has 0 saturated carbocycles. The Labute approximate surface area is 162 Å². The van der Waals surface area contributed by atoms with E-state index in [-0.39, 0.29) is 5.82 Å². The summed E-state index contributed by atoms with van der Waals surface area (Å²) < 4.78 is 19.1. The molecule has 0 unspecified atom stereocenters. The molecule has 2 aromatic heterocycles. The van der Waals surface area contributed by atoms with Gasteiger partial charge in [-0.15, -0.1) is 0 Å². The van der Waals surface area contributed by atoms with Crippen LogP contribution in [0.25, 0.3) is 11.0 Å². The molecular weight excluding hydrogens is 353 g/mol. The van der Waals surface area contributed by atoms with Gasteiger partial charge in [-0.3, -0.25) is 0 Å². The van der Waals surface area contributed by atoms with Crippen LogP contribution in [0.5, 0.6) is 11.5 Å². The third-order valence-electron chi connectivity index (χ3n) is 4.22. The topological polar surface area (TPSA) is 41.1 Å². The number of nitrogens with zero attached hydrogens (tertiary/aromatic N) is 2. The van der Waals surface area contributed by atoms with Crippen LogP contribution in [0.4, 0.5) is 10.1 Å². The average molecular weight is 371 g/mol. The first-order chi connectivity index (χ1) is 13.6. The fourth-order valence-electron chi connectivity index (χ4n) is 2.75. The maximum Gasteiger partial charge on any atom is 0.142 e. The first-order valence-corrected chi connectivity index (χ1v) is 8.78. The molecule has 4 nitrogen and oxygen atoms in total. The van der Waals surface area contributed by atoms with Crippen LogP contribution < -0.4 is 9.64 Å². The molecule has 0 saturated heterocycles. The number of pyridine rings is 1. The average Bonchev–Trinajstić information content (AvgIpc) is 3.10. The Morgan fingerprint density at radius 2 is 1.61 bits per heavy atom. The van der Waals surface area contributed by atoms with E-state index in [4.69, 9.17) is 4.74 Å². The molecule has 4 rings (SSSR count). The van der Waals surface area contributed by atoms with Crippen LogP contribution in [0.15, 0.2) is 66.9 Å². The number of benzene rings is 2. The van der Waals surface area contributed by atoms with Gasteiger partial charge >= 0.3 is 0 Å². The summed E-state index contributed by atoms with van der Waals surface area (Å²) in [6, 6.07) is 18.7. The largest absolute Gasteiger partial charge is 0.457 e. The highest BCUT2D eigenvalue weighted by molar-refractivity contribution is 5.77. The Morgan fingerprint density at radius 3 is 2.29 bits per heavy atom. The monoisotopic (exact) mass is 371 g/mol. The van der Waals surface area contributed by atoms with E-state index in [1.165, 1.54) is 12.3 Å². The summed E-state index contributed by atoms with van der Waals surface area (Å²) in [4.78, 5) is 9.11. The summed E-state index contributed by atoms with van der Waals surface area (Å²) in [6.07, 6.45) is 1.18. The predicted molar refractivity (Wildman–Crippen MR) is 109 cm³/mol. The van der Waals surface area contributed by atoms with E-state index >= 15 is 0 Å². The third kappa shape index (κ3) is 3.97. The molecule has 138 valence electrons. The van der Waals surface area contributed by atoms with Gasteiger partial charge in [-0.25, -0.2) is 9.37 Å². The lowest BCUT2D eigenvalue weighted by Gasteiger charge is -2.13. The van der Waals surface area contributed by atoms with Crippen molar-refractivity contribution in [2.75, 3.05) is 19.0 Å². The first kappa shape index (κ1) is 17.6. The van der Waals surface area contributed by atoms with Crippen LogP contribution in [0, 0.1) is 17.7 Å². The molecule has 28 heavy (non-hydrogen) atoms. The lowest BCUT2D eigenvalue weighted by atomic mass is 10.2. The molecule has 4 aromatic rings. The van der Waals surface area contributed by atoms with Crippen LogP contribution in [0.3, 0.4) is 0 Å². The number of hydrogen-bond acceptors (Lipinski definition) is 3. The van der Waals surface area contributed by atoms with Gasteiger partial charge in [-0.05, 0) is 66.6 Å². The first-order valence-electron chi connectivity index (χ1n) is 8.78. The van der Waals surface area contributed by atoms with Crippen molar-refractivity contribution in [3.8, 4) is 23.3 Å². The Balaban J connectivity index is 1.46. The van der Waals surface area contributed by atoms with Crippen LogP contribution in [0.2, 0.25) is 0 Å². The molecule has 0 fully saturated rings. The Hall–Kier alpha value is -3.78. The molecule has 0 aliphatic rings. The number of halogens is 1. The second-order valence-electron chi connectivity index (χ2n) is 6.54. The van der Waals surface area contributed by atoms with Crippen molar-refractivity contribution in [1.29, 1.82) is 0 Å². The Bertz CT molecular complexity index is 1170. The highest BCUT2D eigenvalue weighted by Gasteiger charge is 2.02. The lowest BCUT2D eigenvalue weighted by molar-refractivity contribution is 0.482. The zero-order valence-electron chi connectivity index (χ0n) is 15.5. The number of fused-ring (bicyclic) bond motifs is 1. The number of aromatic amines is 1. The second-order valence-corrected chi connectivity index (χ2v) is 6.54. The van der Waals surface area contributed by atoms with Gasteiger partial charge in [0, 0.05) is 30.7 Å². The van der Waals surface area contributed by atoms with Crippen molar-refractivity contribution in [2.24, 2.45) is 0 Å². The summed E-state index contributed by atoms with van der Waals surface area (Å²) >= 11 is 0. The quantitative estimate of drug-likeness (QED) is 0.518. The van der Waals surface area contributed by atoms with E-state index < -0.39 is 0 Å². The molecule has 2 aromatic carbocycles. The third-order valence-corrected chi connectivity index (χ3v) is 4.22. The molecule has 0 amide bonds. The standard InChI is InChI=1S/C23H18FN3O/c1-27(2)20-7-11-22(12-8-20)28-21-9-4-16(5-10-21)3-6-19-14-17-13-18(24)15-25-23(17)26-19/h4-5,7-15H,1-2H3,(H,25,26). The Morgan fingerprint density at radius 1 is 0.929 bits per heavy atom. The van der Waals surface area contributed by atoms with Gasteiger partial charge in [0.1, 0.15) is 23.0 Å². The van der Waals surface area contributed by atoms with Crippen LogP contribution in [0.1, 0.15) is 11.3 Å². The van der Waals surface area contributed by atoms with E-state index in [0.717, 1.165) is 22.7 Å². The zero-order valence-corrected chi connectivity index (χ0v) is 15.5. The van der Waals surface area contributed by atoms with Crippen LogP contribution in [-0.4, -0.2) is 24.1 Å². The fourth-order valence-corrected chi connectivity index (χ4v) is 2.75. The summed E-state index contributed by atoms with van der Waals surface area (Å²) in [7, 11) is 4.00. The molecule has 0 atom stereocenters. The number of hydrogen-bond donors (Lipinski definition) is 1. The number of anilines is 1. The highest BCUT2D eigenvalue weighted by Crippen LogP contribution is 2.24. The summed E-state index contributed by atoms with van der Waals surface area (Å²) in [5, 5.41) is 0.702. The van der Waals surface area contributed by atoms with E-state index in [1.807, 2.05) is 67.5 Å². The van der Waals surface area contributed by atoms with Crippen LogP contribution >= 0.6 is 0 Å². The van der Waals surface area contributed by atoms with E-state index in [9.17, 15) is 4.39 Å². The summed E-state index contributed by atoms with van der Waals surface area (Å²) in [6.45, 7) is 0. The molecule has 2 heterocycles. The van der Waals surface area contributed by atoms with Gasteiger partial charge in [-0.1, -0.05) is 5.92 Å². The summed E-state index contributed by atoms with van der Waals surface area (Å²) in [5.74, 6) is 7.29.